The van der Waals surface area contributed by atoms with Gasteiger partial charge >= 0.3 is 5.97 Å². The highest BCUT2D eigenvalue weighted by Crippen LogP contribution is 2.20. The van der Waals surface area contributed by atoms with Gasteiger partial charge in [-0.05, 0) is 32.4 Å². The van der Waals surface area contributed by atoms with Crippen molar-refractivity contribution in [2.45, 2.75) is 27.2 Å². The van der Waals surface area contributed by atoms with E-state index in [0.717, 1.165) is 28.2 Å². The van der Waals surface area contributed by atoms with Gasteiger partial charge in [-0.2, -0.15) is 0 Å². The van der Waals surface area contributed by atoms with Crippen molar-refractivity contribution in [3.63, 3.8) is 0 Å². The molecule has 1 aromatic carbocycles. The summed E-state index contributed by atoms with van der Waals surface area (Å²) >= 11 is 1.04. The number of aromatic carboxylic acids is 1. The van der Waals surface area contributed by atoms with Gasteiger partial charge in [-0.1, -0.05) is 17.7 Å². The molecule has 0 saturated carbocycles. The molecule has 1 aromatic heterocycles. The number of amides is 1. The molecule has 0 aliphatic rings. The van der Waals surface area contributed by atoms with E-state index >= 15 is 0 Å². The molecule has 1 amide bonds. The molecule has 0 unspecified atom stereocenters. The molecule has 0 aliphatic heterocycles. The Bertz CT molecular complexity index is 707. The number of aryl methyl sites for hydroxylation is 3. The van der Waals surface area contributed by atoms with Crippen molar-refractivity contribution in [2.75, 3.05) is 5.32 Å². The predicted molar refractivity (Wildman–Crippen MR) is 82.1 cm³/mol. The van der Waals surface area contributed by atoms with Crippen LogP contribution in [0.2, 0.25) is 0 Å². The SMILES string of the molecule is Cc1ccc(NC(=O)Cc2nc(C)c(C(=O)O)s2)c(C)c1. The van der Waals surface area contributed by atoms with E-state index in [9.17, 15) is 9.59 Å². The standard InChI is InChI=1S/C15H16N2O3S/c1-8-4-5-11(9(2)6-8)17-12(18)7-13-16-10(3)14(21-13)15(19)20/h4-6H,7H2,1-3H3,(H,17,18)(H,19,20). The van der Waals surface area contributed by atoms with Crippen LogP contribution in [0, 0.1) is 20.8 Å². The number of benzene rings is 1. The number of hydrogen-bond acceptors (Lipinski definition) is 4. The highest BCUT2D eigenvalue weighted by atomic mass is 32.1. The summed E-state index contributed by atoms with van der Waals surface area (Å²) in [7, 11) is 0. The van der Waals surface area contributed by atoms with Gasteiger partial charge in [0.05, 0.1) is 12.1 Å². The number of rotatable bonds is 4. The van der Waals surface area contributed by atoms with E-state index in [1.165, 1.54) is 0 Å². The summed E-state index contributed by atoms with van der Waals surface area (Å²) in [4.78, 5) is 27.3. The van der Waals surface area contributed by atoms with Crippen LogP contribution in [0.15, 0.2) is 18.2 Å². The molecular weight excluding hydrogens is 288 g/mol. The summed E-state index contributed by atoms with van der Waals surface area (Å²) in [5.74, 6) is -1.21. The minimum absolute atomic E-state index is 0.0755. The Morgan fingerprint density at radius 1 is 1.29 bits per heavy atom. The van der Waals surface area contributed by atoms with Gasteiger partial charge in [-0.15, -0.1) is 11.3 Å². The van der Waals surface area contributed by atoms with Gasteiger partial charge in [-0.3, -0.25) is 4.79 Å². The third-order valence-electron chi connectivity index (χ3n) is 3.00. The van der Waals surface area contributed by atoms with E-state index in [1.54, 1.807) is 6.92 Å². The predicted octanol–water partition coefficient (Wildman–Crippen LogP) is 2.95. The van der Waals surface area contributed by atoms with Crippen molar-refractivity contribution >= 4 is 28.9 Å². The topological polar surface area (TPSA) is 79.3 Å². The maximum Gasteiger partial charge on any atom is 0.347 e. The van der Waals surface area contributed by atoms with Gasteiger partial charge in [0.25, 0.3) is 0 Å². The second kappa shape index (κ2) is 6.05. The third-order valence-corrected chi connectivity index (χ3v) is 4.15. The quantitative estimate of drug-likeness (QED) is 0.910. The first-order valence-electron chi connectivity index (χ1n) is 6.43. The molecule has 0 bridgehead atoms. The van der Waals surface area contributed by atoms with Gasteiger partial charge in [0.2, 0.25) is 5.91 Å². The van der Waals surface area contributed by atoms with Gasteiger partial charge in [0, 0.05) is 5.69 Å². The molecule has 1 heterocycles. The largest absolute Gasteiger partial charge is 0.477 e. The Balaban J connectivity index is 2.08. The van der Waals surface area contributed by atoms with E-state index in [1.807, 2.05) is 32.0 Å². The molecule has 2 N–H and O–H groups in total. The number of anilines is 1. The lowest BCUT2D eigenvalue weighted by Crippen LogP contribution is -2.15. The summed E-state index contributed by atoms with van der Waals surface area (Å²) in [5.41, 5.74) is 3.33. The average molecular weight is 304 g/mol. The number of aromatic nitrogens is 1. The number of nitrogens with zero attached hydrogens (tertiary/aromatic N) is 1. The van der Waals surface area contributed by atoms with E-state index in [2.05, 4.69) is 10.3 Å². The molecule has 0 atom stereocenters. The lowest BCUT2D eigenvalue weighted by atomic mass is 10.1. The highest BCUT2D eigenvalue weighted by Gasteiger charge is 2.16. The monoisotopic (exact) mass is 304 g/mol. The lowest BCUT2D eigenvalue weighted by Gasteiger charge is -2.08. The molecule has 2 rings (SSSR count). The number of thiazole rings is 1. The molecule has 110 valence electrons. The maximum atomic E-state index is 12.0. The Morgan fingerprint density at radius 2 is 2.00 bits per heavy atom. The van der Waals surface area contributed by atoms with Crippen LogP contribution in [0.25, 0.3) is 0 Å². The fourth-order valence-electron chi connectivity index (χ4n) is 2.01. The zero-order valence-corrected chi connectivity index (χ0v) is 12.9. The second-order valence-corrected chi connectivity index (χ2v) is 5.95. The van der Waals surface area contributed by atoms with Crippen molar-refractivity contribution in [2.24, 2.45) is 0 Å². The molecule has 0 aliphatic carbocycles. The number of carbonyl (C=O) groups excluding carboxylic acids is 1. The Labute approximate surface area is 126 Å². The summed E-state index contributed by atoms with van der Waals surface area (Å²) in [6, 6.07) is 5.78. The van der Waals surface area contributed by atoms with Crippen molar-refractivity contribution in [1.82, 2.24) is 4.98 Å². The number of carboxylic acids is 1. The van der Waals surface area contributed by atoms with E-state index < -0.39 is 5.97 Å². The second-order valence-electron chi connectivity index (χ2n) is 4.87. The lowest BCUT2D eigenvalue weighted by molar-refractivity contribution is -0.115. The van der Waals surface area contributed by atoms with Crippen LogP contribution in [0.1, 0.15) is 31.5 Å². The molecule has 0 saturated heterocycles. The van der Waals surface area contributed by atoms with Crippen molar-refractivity contribution < 1.29 is 14.7 Å². The van der Waals surface area contributed by atoms with E-state index in [0.29, 0.717) is 10.7 Å². The summed E-state index contributed by atoms with van der Waals surface area (Å²) in [5, 5.41) is 12.3. The number of hydrogen-bond donors (Lipinski definition) is 2. The van der Waals surface area contributed by atoms with Crippen LogP contribution in [0.4, 0.5) is 5.69 Å². The van der Waals surface area contributed by atoms with Crippen molar-refractivity contribution in [3.05, 3.63) is 44.9 Å². The normalized spacial score (nSPS) is 10.4. The molecule has 2 aromatic rings. The van der Waals surface area contributed by atoms with Gasteiger partial charge in [0.15, 0.2) is 0 Å². The fourth-order valence-corrected chi connectivity index (χ4v) is 2.91. The van der Waals surface area contributed by atoms with Crippen LogP contribution in [0.3, 0.4) is 0 Å². The molecule has 6 heteroatoms. The summed E-state index contributed by atoms with van der Waals surface area (Å²) in [6.45, 7) is 5.55. The summed E-state index contributed by atoms with van der Waals surface area (Å²) < 4.78 is 0. The van der Waals surface area contributed by atoms with Gasteiger partial charge < -0.3 is 10.4 Å². The van der Waals surface area contributed by atoms with Gasteiger partial charge in [0.1, 0.15) is 9.88 Å². The van der Waals surface area contributed by atoms with Crippen LogP contribution in [0.5, 0.6) is 0 Å². The smallest absolute Gasteiger partial charge is 0.347 e. The van der Waals surface area contributed by atoms with Crippen LogP contribution >= 0.6 is 11.3 Å². The first kappa shape index (κ1) is 15.2. The third kappa shape index (κ3) is 3.66. The van der Waals surface area contributed by atoms with E-state index in [4.69, 9.17) is 5.11 Å². The van der Waals surface area contributed by atoms with Crippen LogP contribution in [-0.4, -0.2) is 22.0 Å². The first-order chi connectivity index (χ1) is 9.86. The maximum absolute atomic E-state index is 12.0. The zero-order valence-electron chi connectivity index (χ0n) is 12.1. The van der Waals surface area contributed by atoms with Crippen LogP contribution < -0.4 is 5.32 Å². The number of carbonyl (C=O) groups is 2. The first-order valence-corrected chi connectivity index (χ1v) is 7.25. The van der Waals surface area contributed by atoms with Crippen LogP contribution in [-0.2, 0) is 11.2 Å². The number of nitrogens with one attached hydrogen (secondary N) is 1. The fraction of sp³-hybridized carbons (Fsp3) is 0.267. The van der Waals surface area contributed by atoms with Crippen molar-refractivity contribution in [3.8, 4) is 0 Å². The Hall–Kier alpha value is -2.21. The molecule has 0 fully saturated rings. The van der Waals surface area contributed by atoms with Gasteiger partial charge in [-0.25, -0.2) is 9.78 Å². The minimum atomic E-state index is -1.01. The molecule has 21 heavy (non-hydrogen) atoms. The molecule has 0 radical (unpaired) electrons. The zero-order chi connectivity index (χ0) is 15.6. The number of carboxylic acid groups (broad SMARTS) is 1. The highest BCUT2D eigenvalue weighted by molar-refractivity contribution is 7.13. The molecule has 0 spiro atoms. The minimum Gasteiger partial charge on any atom is -0.477 e. The van der Waals surface area contributed by atoms with E-state index in [-0.39, 0.29) is 17.2 Å². The average Bonchev–Trinajstić information content (AvgIpc) is 2.74. The van der Waals surface area contributed by atoms with Crippen molar-refractivity contribution in [1.29, 1.82) is 0 Å². The molecular formula is C15H16N2O3S. The Morgan fingerprint density at radius 3 is 2.57 bits per heavy atom. The Kier molecular flexibility index (Phi) is 4.37. The molecule has 5 nitrogen and oxygen atoms in total. The summed E-state index contributed by atoms with van der Waals surface area (Å²) in [6.07, 6.45) is 0.0755.